The van der Waals surface area contributed by atoms with Crippen LogP contribution in [-0.2, 0) is 16.2 Å². The van der Waals surface area contributed by atoms with E-state index in [1.54, 1.807) is 25.1 Å². The molecule has 0 atom stereocenters. The number of amides is 2. The summed E-state index contributed by atoms with van der Waals surface area (Å²) in [6.45, 7) is 2.15. The van der Waals surface area contributed by atoms with Crippen LogP contribution >= 0.6 is 12.2 Å². The number of ether oxygens (including phenoxy) is 2. The Morgan fingerprint density at radius 1 is 1.14 bits per heavy atom. The van der Waals surface area contributed by atoms with Gasteiger partial charge in [0.05, 0.1) is 6.61 Å². The number of furan rings is 1. The van der Waals surface area contributed by atoms with Crippen LogP contribution in [0, 0.1) is 0 Å². The number of nitrogens with one attached hydrogen (secondary N) is 2. The third-order valence-electron chi connectivity index (χ3n) is 3.76. The van der Waals surface area contributed by atoms with E-state index in [2.05, 4.69) is 10.6 Å². The van der Waals surface area contributed by atoms with Gasteiger partial charge in [0.15, 0.2) is 16.6 Å². The average molecular weight is 416 g/mol. The van der Waals surface area contributed by atoms with Gasteiger partial charge < -0.3 is 19.0 Å². The van der Waals surface area contributed by atoms with Crippen molar-refractivity contribution in [2.24, 2.45) is 0 Å². The molecule has 1 aliphatic rings. The summed E-state index contributed by atoms with van der Waals surface area (Å²) in [6.07, 6.45) is 1.41. The molecule has 2 amide bonds. The first-order chi connectivity index (χ1) is 13.9. The van der Waals surface area contributed by atoms with Gasteiger partial charge in [-0.3, -0.25) is 20.2 Å². The normalized spacial score (nSPS) is 13.6. The highest BCUT2D eigenvalue weighted by atomic mass is 32.1. The molecule has 0 saturated carbocycles. The average Bonchev–Trinajstić information content (AvgIpc) is 3.13. The van der Waals surface area contributed by atoms with Crippen molar-refractivity contribution >= 4 is 41.2 Å². The van der Waals surface area contributed by atoms with Gasteiger partial charge in [-0.15, -0.1) is 0 Å². The van der Waals surface area contributed by atoms with Gasteiger partial charge in [-0.1, -0.05) is 6.07 Å². The number of benzene rings is 1. The van der Waals surface area contributed by atoms with Gasteiger partial charge >= 0.3 is 5.97 Å². The lowest BCUT2D eigenvalue weighted by molar-refractivity contribution is -0.123. The van der Waals surface area contributed by atoms with Gasteiger partial charge in [-0.25, -0.2) is 4.79 Å². The molecular formula is C19H16N2O7S. The van der Waals surface area contributed by atoms with Crippen LogP contribution in [0.2, 0.25) is 0 Å². The number of carbonyl (C=O) groups excluding carboxylic acids is 2. The van der Waals surface area contributed by atoms with Gasteiger partial charge in [0.25, 0.3) is 11.8 Å². The highest BCUT2D eigenvalue weighted by molar-refractivity contribution is 7.80. The van der Waals surface area contributed by atoms with Crippen LogP contribution in [0.4, 0.5) is 0 Å². The number of rotatable bonds is 7. The third-order valence-corrected chi connectivity index (χ3v) is 3.97. The van der Waals surface area contributed by atoms with Crippen molar-refractivity contribution in [1.82, 2.24) is 10.6 Å². The van der Waals surface area contributed by atoms with Crippen LogP contribution < -0.4 is 20.1 Å². The van der Waals surface area contributed by atoms with E-state index in [-0.39, 0.29) is 23.1 Å². The minimum atomic E-state index is -1.17. The first-order valence-corrected chi connectivity index (χ1v) is 8.88. The lowest BCUT2D eigenvalue weighted by atomic mass is 10.1. The number of thiocarbonyl (C=S) groups is 1. The van der Waals surface area contributed by atoms with Crippen molar-refractivity contribution in [2.75, 3.05) is 6.61 Å². The van der Waals surface area contributed by atoms with Crippen molar-refractivity contribution in [3.63, 3.8) is 0 Å². The molecule has 1 aliphatic heterocycles. The highest BCUT2D eigenvalue weighted by Crippen LogP contribution is 2.30. The van der Waals surface area contributed by atoms with Crippen molar-refractivity contribution < 1.29 is 33.4 Å². The molecule has 3 rings (SSSR count). The summed E-state index contributed by atoms with van der Waals surface area (Å²) >= 11 is 4.77. The van der Waals surface area contributed by atoms with E-state index in [0.717, 1.165) is 0 Å². The van der Waals surface area contributed by atoms with Gasteiger partial charge in [-0.05, 0) is 55.0 Å². The Morgan fingerprint density at radius 2 is 1.86 bits per heavy atom. The second-order valence-electron chi connectivity index (χ2n) is 5.79. The monoisotopic (exact) mass is 416 g/mol. The van der Waals surface area contributed by atoms with Crippen LogP contribution in [0.3, 0.4) is 0 Å². The molecule has 9 nitrogen and oxygen atoms in total. The summed E-state index contributed by atoms with van der Waals surface area (Å²) in [5, 5.41) is 13.6. The quantitative estimate of drug-likeness (QED) is 0.355. The van der Waals surface area contributed by atoms with Crippen LogP contribution in [0.15, 0.2) is 40.3 Å². The van der Waals surface area contributed by atoms with E-state index >= 15 is 0 Å². The largest absolute Gasteiger partial charge is 0.490 e. The number of aromatic carboxylic acids is 1. The van der Waals surface area contributed by atoms with Crippen molar-refractivity contribution in [2.45, 2.75) is 13.5 Å². The summed E-state index contributed by atoms with van der Waals surface area (Å²) in [7, 11) is 0. The summed E-state index contributed by atoms with van der Waals surface area (Å²) in [6, 6.07) is 7.72. The summed E-state index contributed by atoms with van der Waals surface area (Å²) in [5.74, 6) is -1.42. The second kappa shape index (κ2) is 8.57. The SMILES string of the molecule is CCOc1cc(C=C2C(=O)NC(=S)NC2=O)ccc1OCc1ccc(C(=O)O)o1. The zero-order chi connectivity index (χ0) is 21.0. The molecule has 1 saturated heterocycles. The summed E-state index contributed by atoms with van der Waals surface area (Å²) < 4.78 is 16.4. The lowest BCUT2D eigenvalue weighted by Crippen LogP contribution is -2.51. The summed E-state index contributed by atoms with van der Waals surface area (Å²) in [5.41, 5.74) is 0.451. The molecule has 0 bridgehead atoms. The van der Waals surface area contributed by atoms with E-state index in [9.17, 15) is 14.4 Å². The molecule has 0 aliphatic carbocycles. The van der Waals surface area contributed by atoms with Gasteiger partial charge in [0, 0.05) is 0 Å². The molecule has 1 aromatic heterocycles. The second-order valence-corrected chi connectivity index (χ2v) is 6.20. The molecule has 0 radical (unpaired) electrons. The molecule has 3 N–H and O–H groups in total. The number of hydrogen-bond acceptors (Lipinski definition) is 7. The molecule has 1 aromatic carbocycles. The van der Waals surface area contributed by atoms with Gasteiger partial charge in [-0.2, -0.15) is 0 Å². The molecule has 0 spiro atoms. The Labute approximate surface area is 170 Å². The lowest BCUT2D eigenvalue weighted by Gasteiger charge is -2.16. The fourth-order valence-electron chi connectivity index (χ4n) is 2.49. The Balaban J connectivity index is 1.80. The molecule has 0 unspecified atom stereocenters. The predicted molar refractivity (Wildman–Crippen MR) is 104 cm³/mol. The zero-order valence-corrected chi connectivity index (χ0v) is 16.0. The van der Waals surface area contributed by atoms with Crippen molar-refractivity contribution in [3.05, 3.63) is 53.0 Å². The topological polar surface area (TPSA) is 127 Å². The minimum Gasteiger partial charge on any atom is -0.490 e. The molecule has 10 heteroatoms. The maximum absolute atomic E-state index is 12.0. The highest BCUT2D eigenvalue weighted by Gasteiger charge is 2.25. The number of carboxylic acids is 1. The fraction of sp³-hybridized carbons (Fsp3) is 0.158. The fourth-order valence-corrected chi connectivity index (χ4v) is 2.68. The molecule has 2 heterocycles. The number of hydrogen-bond donors (Lipinski definition) is 3. The first kappa shape index (κ1) is 20.1. The third kappa shape index (κ3) is 4.79. The van der Waals surface area contributed by atoms with Crippen molar-refractivity contribution in [3.8, 4) is 11.5 Å². The zero-order valence-electron chi connectivity index (χ0n) is 15.2. The molecular weight excluding hydrogens is 400 g/mol. The molecule has 2 aromatic rings. The van der Waals surface area contributed by atoms with Crippen LogP contribution in [-0.4, -0.2) is 34.6 Å². The van der Waals surface area contributed by atoms with Gasteiger partial charge in [0.1, 0.15) is 17.9 Å². The number of carbonyl (C=O) groups is 3. The van der Waals surface area contributed by atoms with E-state index in [0.29, 0.717) is 29.4 Å². The molecule has 1 fully saturated rings. The predicted octanol–water partition coefficient (Wildman–Crippen LogP) is 1.87. The maximum Gasteiger partial charge on any atom is 0.371 e. The van der Waals surface area contributed by atoms with E-state index in [1.807, 2.05) is 0 Å². The van der Waals surface area contributed by atoms with E-state index in [1.165, 1.54) is 18.2 Å². The summed E-state index contributed by atoms with van der Waals surface area (Å²) in [4.78, 5) is 34.8. The Kier molecular flexibility index (Phi) is 5.93. The first-order valence-electron chi connectivity index (χ1n) is 8.47. The van der Waals surface area contributed by atoms with Gasteiger partial charge in [0.2, 0.25) is 5.76 Å². The maximum atomic E-state index is 12.0. The van der Waals surface area contributed by atoms with Crippen LogP contribution in [0.5, 0.6) is 11.5 Å². The van der Waals surface area contributed by atoms with E-state index in [4.69, 9.17) is 31.2 Å². The Hall–Kier alpha value is -3.66. The van der Waals surface area contributed by atoms with E-state index < -0.39 is 17.8 Å². The minimum absolute atomic E-state index is 0.00392. The molecule has 150 valence electrons. The molecule has 29 heavy (non-hydrogen) atoms. The standard InChI is InChI=1S/C19H16N2O7S/c1-2-26-15-8-10(7-12-16(22)20-19(29)21-17(12)23)3-5-13(15)27-9-11-4-6-14(28-11)18(24)25/h3-8H,2,9H2,1H3,(H,24,25)(H2,20,21,22,23,29). The van der Waals surface area contributed by atoms with Crippen LogP contribution in [0.25, 0.3) is 6.08 Å². The van der Waals surface area contributed by atoms with Crippen molar-refractivity contribution in [1.29, 1.82) is 0 Å². The number of carboxylic acid groups (broad SMARTS) is 1. The van der Waals surface area contributed by atoms with Crippen LogP contribution in [0.1, 0.15) is 28.8 Å². The Bertz CT molecular complexity index is 1000. The smallest absolute Gasteiger partial charge is 0.371 e. The Morgan fingerprint density at radius 3 is 2.48 bits per heavy atom.